The Hall–Kier alpha value is -1.67. The number of carbonyl (C=O) groups is 1. The van der Waals surface area contributed by atoms with Gasteiger partial charge in [0.05, 0.1) is 6.54 Å². The van der Waals surface area contributed by atoms with E-state index in [1.165, 1.54) is 6.08 Å². The maximum Gasteiger partial charge on any atom is 0.333 e. The highest BCUT2D eigenvalue weighted by molar-refractivity contribution is 5.86. The van der Waals surface area contributed by atoms with Gasteiger partial charge in [0.1, 0.15) is 6.61 Å². The van der Waals surface area contributed by atoms with E-state index in [-0.39, 0.29) is 13.2 Å². The Morgan fingerprint density at radius 1 is 1.54 bits per heavy atom. The van der Waals surface area contributed by atoms with Crippen LogP contribution in [0.25, 0.3) is 0 Å². The van der Waals surface area contributed by atoms with E-state index >= 15 is 0 Å². The fourth-order valence-electron chi connectivity index (χ4n) is 0.353. The molecule has 0 atom stereocenters. The maximum atomic E-state index is 10.6. The average Bonchev–Trinajstić information content (AvgIpc) is 2.15. The van der Waals surface area contributed by atoms with Crippen molar-refractivity contribution >= 4 is 12.0 Å². The molecular weight excluding hydrogens is 170 g/mol. The largest absolute Gasteiger partial charge is 0.460 e. The molecule has 0 saturated carbocycles. The summed E-state index contributed by atoms with van der Waals surface area (Å²) in [5.41, 5.74) is 0.333. The number of ether oxygens (including phenoxy) is 1. The standard InChI is InChI=1S/C7H9NO3.C2H4/c1-6(2)7(10)11-4-3-8-5-9;1-2/h1,3-4H2,2H3;1-2H2. The molecule has 0 fully saturated rings. The molecule has 0 aliphatic carbocycles. The minimum Gasteiger partial charge on any atom is -0.460 e. The summed E-state index contributed by atoms with van der Waals surface area (Å²) in [6, 6.07) is 0. The second kappa shape index (κ2) is 10.3. The topological polar surface area (TPSA) is 55.7 Å². The Morgan fingerprint density at radius 2 is 2.08 bits per heavy atom. The van der Waals surface area contributed by atoms with E-state index in [4.69, 9.17) is 0 Å². The van der Waals surface area contributed by atoms with Crippen molar-refractivity contribution in [2.24, 2.45) is 4.99 Å². The van der Waals surface area contributed by atoms with Gasteiger partial charge in [0.15, 0.2) is 0 Å². The summed E-state index contributed by atoms with van der Waals surface area (Å²) in [5.74, 6) is -0.467. The van der Waals surface area contributed by atoms with Crippen LogP contribution in [-0.2, 0) is 14.3 Å². The number of carbonyl (C=O) groups excluding carboxylic acids is 2. The molecule has 0 radical (unpaired) electrons. The number of esters is 1. The molecule has 4 nitrogen and oxygen atoms in total. The lowest BCUT2D eigenvalue weighted by molar-refractivity contribution is -0.138. The normalized spacial score (nSPS) is 7.15. The molecule has 0 aromatic carbocycles. The fraction of sp³-hybridized carbons (Fsp3) is 0.333. The molecule has 0 rings (SSSR count). The van der Waals surface area contributed by atoms with Crippen molar-refractivity contribution < 1.29 is 14.3 Å². The van der Waals surface area contributed by atoms with E-state index in [0.29, 0.717) is 5.57 Å². The van der Waals surface area contributed by atoms with Crippen LogP contribution in [0.5, 0.6) is 0 Å². The van der Waals surface area contributed by atoms with Gasteiger partial charge < -0.3 is 4.74 Å². The number of aliphatic imine (C=N–C) groups is 1. The first-order chi connectivity index (χ1) is 6.18. The number of hydrogen-bond donors (Lipinski definition) is 0. The average molecular weight is 183 g/mol. The van der Waals surface area contributed by atoms with E-state index in [0.717, 1.165) is 0 Å². The monoisotopic (exact) mass is 183 g/mol. The smallest absolute Gasteiger partial charge is 0.333 e. The molecule has 0 saturated heterocycles. The molecule has 0 spiro atoms. The lowest BCUT2D eigenvalue weighted by Gasteiger charge is -1.99. The summed E-state index contributed by atoms with van der Waals surface area (Å²) in [6.07, 6.45) is 1.33. The van der Waals surface area contributed by atoms with Gasteiger partial charge in [-0.1, -0.05) is 6.58 Å². The van der Waals surface area contributed by atoms with Crippen molar-refractivity contribution in [1.29, 1.82) is 0 Å². The lowest BCUT2D eigenvalue weighted by Crippen LogP contribution is -2.07. The zero-order valence-corrected chi connectivity index (χ0v) is 7.71. The molecule has 72 valence electrons. The number of rotatable bonds is 4. The van der Waals surface area contributed by atoms with E-state index in [1.54, 1.807) is 6.92 Å². The molecule has 4 heteroatoms. The van der Waals surface area contributed by atoms with Crippen molar-refractivity contribution in [1.82, 2.24) is 0 Å². The van der Waals surface area contributed by atoms with Crippen LogP contribution in [0.2, 0.25) is 0 Å². The van der Waals surface area contributed by atoms with Gasteiger partial charge in [0, 0.05) is 5.57 Å². The van der Waals surface area contributed by atoms with Gasteiger partial charge in [-0.25, -0.2) is 14.6 Å². The quantitative estimate of drug-likeness (QED) is 0.164. The van der Waals surface area contributed by atoms with Crippen molar-refractivity contribution in [3.8, 4) is 0 Å². The summed E-state index contributed by atoms with van der Waals surface area (Å²) in [6.45, 7) is 11.2. The van der Waals surface area contributed by atoms with E-state index in [9.17, 15) is 9.59 Å². The van der Waals surface area contributed by atoms with Crippen LogP contribution in [0.3, 0.4) is 0 Å². The van der Waals surface area contributed by atoms with Gasteiger partial charge in [-0.15, -0.1) is 13.2 Å². The third-order valence-electron chi connectivity index (χ3n) is 0.849. The molecule has 0 bridgehead atoms. The van der Waals surface area contributed by atoms with Crippen molar-refractivity contribution in [3.63, 3.8) is 0 Å². The molecular formula is C9H13NO3. The van der Waals surface area contributed by atoms with Gasteiger partial charge in [-0.3, -0.25) is 0 Å². The second-order valence-electron chi connectivity index (χ2n) is 1.89. The Balaban J connectivity index is 0. The van der Waals surface area contributed by atoms with Crippen LogP contribution in [0.15, 0.2) is 30.3 Å². The number of hydrogen-bond acceptors (Lipinski definition) is 4. The van der Waals surface area contributed by atoms with Crippen LogP contribution < -0.4 is 0 Å². The highest BCUT2D eigenvalue weighted by Crippen LogP contribution is 1.90. The minimum absolute atomic E-state index is 0.0981. The first kappa shape index (κ1) is 13.9. The molecule has 0 heterocycles. The van der Waals surface area contributed by atoms with Crippen LogP contribution in [0.1, 0.15) is 6.92 Å². The highest BCUT2D eigenvalue weighted by atomic mass is 16.5. The van der Waals surface area contributed by atoms with Gasteiger partial charge in [0.25, 0.3) is 0 Å². The summed E-state index contributed by atoms with van der Waals surface area (Å²) in [7, 11) is 0. The molecule has 0 aromatic rings. The first-order valence-corrected chi connectivity index (χ1v) is 3.54. The zero-order valence-electron chi connectivity index (χ0n) is 7.71. The molecule has 0 unspecified atom stereocenters. The van der Waals surface area contributed by atoms with Crippen LogP contribution in [0.4, 0.5) is 0 Å². The van der Waals surface area contributed by atoms with E-state index in [1.807, 2.05) is 0 Å². The fourth-order valence-corrected chi connectivity index (χ4v) is 0.353. The van der Waals surface area contributed by atoms with Gasteiger partial charge in [-0.2, -0.15) is 0 Å². The van der Waals surface area contributed by atoms with Gasteiger partial charge in [-0.05, 0) is 6.92 Å². The molecule has 0 N–H and O–H groups in total. The Kier molecular flexibility index (Phi) is 11.0. The van der Waals surface area contributed by atoms with Crippen LogP contribution in [-0.4, -0.2) is 25.2 Å². The van der Waals surface area contributed by atoms with Crippen LogP contribution >= 0.6 is 0 Å². The number of nitrogens with zero attached hydrogens (tertiary/aromatic N) is 1. The predicted octanol–water partition coefficient (Wildman–Crippen LogP) is 1.24. The van der Waals surface area contributed by atoms with Gasteiger partial charge >= 0.3 is 5.97 Å². The molecule has 13 heavy (non-hydrogen) atoms. The Bertz CT molecular complexity index is 217. The molecule has 0 aromatic heterocycles. The summed E-state index contributed by atoms with van der Waals surface area (Å²) >= 11 is 0. The van der Waals surface area contributed by atoms with Crippen molar-refractivity contribution in [2.75, 3.05) is 13.2 Å². The predicted molar refractivity (Wildman–Crippen MR) is 50.0 cm³/mol. The summed E-state index contributed by atoms with van der Waals surface area (Å²) in [4.78, 5) is 23.4. The van der Waals surface area contributed by atoms with Crippen molar-refractivity contribution in [3.05, 3.63) is 25.3 Å². The van der Waals surface area contributed by atoms with E-state index < -0.39 is 5.97 Å². The second-order valence-corrected chi connectivity index (χ2v) is 1.89. The van der Waals surface area contributed by atoms with Crippen LogP contribution in [0, 0.1) is 0 Å². The maximum absolute atomic E-state index is 10.6. The summed E-state index contributed by atoms with van der Waals surface area (Å²) < 4.78 is 4.59. The molecule has 0 aliphatic heterocycles. The Labute approximate surface area is 77.6 Å². The SMILES string of the molecule is C=C.C=C(C)C(=O)OCCN=C=O. The number of isocyanates is 1. The third kappa shape index (κ3) is 10.3. The molecule has 0 amide bonds. The lowest BCUT2D eigenvalue weighted by atomic mass is 10.4. The van der Waals surface area contributed by atoms with Gasteiger partial charge in [0.2, 0.25) is 6.08 Å². The van der Waals surface area contributed by atoms with Crippen molar-refractivity contribution in [2.45, 2.75) is 6.92 Å². The first-order valence-electron chi connectivity index (χ1n) is 3.54. The minimum atomic E-state index is -0.467. The Morgan fingerprint density at radius 3 is 2.46 bits per heavy atom. The molecule has 0 aliphatic rings. The zero-order chi connectivity index (χ0) is 10.7. The van der Waals surface area contributed by atoms with E-state index in [2.05, 4.69) is 29.5 Å². The highest BCUT2D eigenvalue weighted by Gasteiger charge is 2.00. The third-order valence-corrected chi connectivity index (χ3v) is 0.849. The summed E-state index contributed by atoms with van der Waals surface area (Å²) in [5, 5.41) is 0.